The highest BCUT2D eigenvalue weighted by Gasteiger charge is 2.04. The molecule has 1 aromatic carbocycles. The van der Waals surface area contributed by atoms with Crippen LogP contribution in [0.1, 0.15) is 0 Å². The molecule has 0 atom stereocenters. The van der Waals surface area contributed by atoms with Gasteiger partial charge in [0.25, 0.3) is 0 Å². The Morgan fingerprint density at radius 3 is 2.94 bits per heavy atom. The number of benzene rings is 1. The first-order valence-electron chi connectivity index (χ1n) is 4.65. The van der Waals surface area contributed by atoms with Crippen LogP contribution in [0, 0.1) is 0 Å². The van der Waals surface area contributed by atoms with Gasteiger partial charge in [0.1, 0.15) is 6.54 Å². The minimum absolute atomic E-state index is 0.117. The van der Waals surface area contributed by atoms with Crippen molar-refractivity contribution in [3.8, 4) is 11.1 Å². The van der Waals surface area contributed by atoms with Crippen LogP contribution in [0.25, 0.3) is 11.1 Å². The number of halogens is 1. The van der Waals surface area contributed by atoms with Crippen molar-refractivity contribution < 1.29 is 9.90 Å². The maximum absolute atomic E-state index is 10.5. The van der Waals surface area contributed by atoms with Crippen molar-refractivity contribution in [1.82, 2.24) is 9.78 Å². The monoisotopic (exact) mass is 280 g/mol. The van der Waals surface area contributed by atoms with Gasteiger partial charge in [-0.25, -0.2) is 0 Å². The zero-order chi connectivity index (χ0) is 11.5. The lowest BCUT2D eigenvalue weighted by molar-refractivity contribution is -0.137. The van der Waals surface area contributed by atoms with E-state index in [-0.39, 0.29) is 6.54 Å². The molecule has 5 heteroatoms. The minimum atomic E-state index is -0.899. The van der Waals surface area contributed by atoms with Gasteiger partial charge in [0.05, 0.1) is 6.20 Å². The quantitative estimate of drug-likeness (QED) is 0.939. The van der Waals surface area contributed by atoms with Crippen LogP contribution < -0.4 is 0 Å². The molecule has 16 heavy (non-hydrogen) atoms. The lowest BCUT2D eigenvalue weighted by atomic mass is 10.1. The van der Waals surface area contributed by atoms with Gasteiger partial charge in [-0.2, -0.15) is 5.10 Å². The van der Waals surface area contributed by atoms with E-state index >= 15 is 0 Å². The summed E-state index contributed by atoms with van der Waals surface area (Å²) in [5, 5.41) is 12.6. The van der Waals surface area contributed by atoms with E-state index in [9.17, 15) is 4.79 Å². The highest BCUT2D eigenvalue weighted by Crippen LogP contribution is 2.22. The molecule has 1 N–H and O–H groups in total. The maximum atomic E-state index is 10.5. The molecule has 0 spiro atoms. The van der Waals surface area contributed by atoms with E-state index in [0.717, 1.165) is 15.6 Å². The Balaban J connectivity index is 2.28. The second-order valence-electron chi connectivity index (χ2n) is 3.33. The molecule has 2 rings (SSSR count). The van der Waals surface area contributed by atoms with Crippen molar-refractivity contribution in [2.24, 2.45) is 0 Å². The largest absolute Gasteiger partial charge is 0.480 e. The molecule has 1 aromatic heterocycles. The number of aliphatic carboxylic acids is 1. The Morgan fingerprint density at radius 1 is 1.44 bits per heavy atom. The molecule has 0 aliphatic carbocycles. The molecule has 0 aliphatic rings. The van der Waals surface area contributed by atoms with Crippen molar-refractivity contribution in [2.75, 3.05) is 0 Å². The fourth-order valence-electron chi connectivity index (χ4n) is 1.41. The van der Waals surface area contributed by atoms with Gasteiger partial charge in [0, 0.05) is 16.2 Å². The fraction of sp³-hybridized carbons (Fsp3) is 0.0909. The third-order valence-corrected chi connectivity index (χ3v) is 2.58. The van der Waals surface area contributed by atoms with E-state index in [1.165, 1.54) is 4.68 Å². The van der Waals surface area contributed by atoms with Gasteiger partial charge in [0.15, 0.2) is 0 Å². The zero-order valence-electron chi connectivity index (χ0n) is 8.30. The van der Waals surface area contributed by atoms with Crippen LogP contribution in [0.3, 0.4) is 0 Å². The third kappa shape index (κ3) is 2.49. The average Bonchev–Trinajstić information content (AvgIpc) is 2.65. The molecule has 0 fully saturated rings. The topological polar surface area (TPSA) is 55.1 Å². The van der Waals surface area contributed by atoms with E-state index in [2.05, 4.69) is 21.0 Å². The predicted molar refractivity (Wildman–Crippen MR) is 63.0 cm³/mol. The van der Waals surface area contributed by atoms with Gasteiger partial charge in [-0.15, -0.1) is 0 Å². The van der Waals surface area contributed by atoms with Crippen LogP contribution in [-0.2, 0) is 11.3 Å². The molecule has 0 saturated carbocycles. The molecule has 0 radical (unpaired) electrons. The number of hydrogen-bond acceptors (Lipinski definition) is 2. The number of nitrogens with zero attached hydrogens (tertiary/aromatic N) is 2. The molecular formula is C11H9BrN2O2. The van der Waals surface area contributed by atoms with Crippen molar-refractivity contribution >= 4 is 21.9 Å². The molecule has 1 heterocycles. The van der Waals surface area contributed by atoms with Gasteiger partial charge in [-0.05, 0) is 17.7 Å². The van der Waals surface area contributed by atoms with E-state index in [1.54, 1.807) is 12.4 Å². The van der Waals surface area contributed by atoms with Crippen molar-refractivity contribution in [3.63, 3.8) is 0 Å². The van der Waals surface area contributed by atoms with Gasteiger partial charge in [-0.1, -0.05) is 28.1 Å². The number of hydrogen-bond donors (Lipinski definition) is 1. The molecule has 0 aliphatic heterocycles. The average molecular weight is 281 g/mol. The van der Waals surface area contributed by atoms with E-state index < -0.39 is 5.97 Å². The summed E-state index contributed by atoms with van der Waals surface area (Å²) in [5.41, 5.74) is 1.91. The van der Waals surface area contributed by atoms with Gasteiger partial charge in [-0.3, -0.25) is 9.48 Å². The summed E-state index contributed by atoms with van der Waals surface area (Å²) in [6.45, 7) is -0.117. The fourth-order valence-corrected chi connectivity index (χ4v) is 1.80. The SMILES string of the molecule is O=C(O)Cn1cc(-c2cccc(Br)c2)cn1. The molecule has 0 amide bonds. The van der Waals surface area contributed by atoms with Gasteiger partial charge < -0.3 is 5.11 Å². The normalized spacial score (nSPS) is 10.3. The Kier molecular flexibility index (Phi) is 3.05. The maximum Gasteiger partial charge on any atom is 0.325 e. The number of rotatable bonds is 3. The molecule has 0 unspecified atom stereocenters. The summed E-state index contributed by atoms with van der Waals surface area (Å²) < 4.78 is 2.38. The van der Waals surface area contributed by atoms with Gasteiger partial charge in [0.2, 0.25) is 0 Å². The number of carboxylic acid groups (broad SMARTS) is 1. The van der Waals surface area contributed by atoms with Crippen molar-refractivity contribution in [1.29, 1.82) is 0 Å². The second-order valence-corrected chi connectivity index (χ2v) is 4.25. The first-order chi connectivity index (χ1) is 7.65. The minimum Gasteiger partial charge on any atom is -0.480 e. The number of carbonyl (C=O) groups is 1. The van der Waals surface area contributed by atoms with Crippen molar-refractivity contribution in [3.05, 3.63) is 41.1 Å². The van der Waals surface area contributed by atoms with Gasteiger partial charge >= 0.3 is 5.97 Å². The molecule has 0 saturated heterocycles. The molecule has 0 bridgehead atoms. The third-order valence-electron chi connectivity index (χ3n) is 2.09. The predicted octanol–water partition coefficient (Wildman–Crippen LogP) is 2.40. The van der Waals surface area contributed by atoms with Crippen LogP contribution in [-0.4, -0.2) is 20.9 Å². The Morgan fingerprint density at radius 2 is 2.25 bits per heavy atom. The van der Waals surface area contributed by atoms with Crippen LogP contribution in [0.15, 0.2) is 41.1 Å². The Hall–Kier alpha value is -1.62. The number of aromatic nitrogens is 2. The second kappa shape index (κ2) is 4.49. The highest BCUT2D eigenvalue weighted by atomic mass is 79.9. The number of carboxylic acids is 1. The summed E-state index contributed by atoms with van der Waals surface area (Å²) in [7, 11) is 0. The lowest BCUT2D eigenvalue weighted by Crippen LogP contribution is -2.08. The smallest absolute Gasteiger partial charge is 0.325 e. The van der Waals surface area contributed by atoms with E-state index in [0.29, 0.717) is 0 Å². The standard InChI is InChI=1S/C11H9BrN2O2/c12-10-3-1-2-8(4-10)9-5-13-14(6-9)7-11(15)16/h1-6H,7H2,(H,15,16). The molecule has 4 nitrogen and oxygen atoms in total. The first-order valence-corrected chi connectivity index (χ1v) is 5.44. The van der Waals surface area contributed by atoms with Crippen LogP contribution in [0.2, 0.25) is 0 Å². The van der Waals surface area contributed by atoms with E-state index in [1.807, 2.05) is 24.3 Å². The summed E-state index contributed by atoms with van der Waals surface area (Å²) in [5.74, 6) is -0.899. The zero-order valence-corrected chi connectivity index (χ0v) is 9.89. The summed E-state index contributed by atoms with van der Waals surface area (Å²) >= 11 is 3.39. The molecular weight excluding hydrogens is 272 g/mol. The van der Waals surface area contributed by atoms with Crippen LogP contribution in [0.5, 0.6) is 0 Å². The summed E-state index contributed by atoms with van der Waals surface area (Å²) in [6.07, 6.45) is 3.38. The molecule has 82 valence electrons. The Bertz CT molecular complexity index is 522. The summed E-state index contributed by atoms with van der Waals surface area (Å²) in [4.78, 5) is 10.5. The van der Waals surface area contributed by atoms with E-state index in [4.69, 9.17) is 5.11 Å². The van der Waals surface area contributed by atoms with Crippen LogP contribution in [0.4, 0.5) is 0 Å². The molecule has 2 aromatic rings. The van der Waals surface area contributed by atoms with Crippen molar-refractivity contribution in [2.45, 2.75) is 6.54 Å². The first kappa shape index (κ1) is 10.9. The lowest BCUT2D eigenvalue weighted by Gasteiger charge is -1.97. The highest BCUT2D eigenvalue weighted by molar-refractivity contribution is 9.10. The van der Waals surface area contributed by atoms with Crippen LogP contribution >= 0.6 is 15.9 Å². The Labute approximate surface area is 101 Å². The summed E-state index contributed by atoms with van der Waals surface area (Å²) in [6, 6.07) is 7.77.